The lowest BCUT2D eigenvalue weighted by molar-refractivity contribution is 0.102. The highest BCUT2D eigenvalue weighted by Crippen LogP contribution is 2.29. The van der Waals surface area contributed by atoms with Crippen LogP contribution in [-0.2, 0) is 0 Å². The Bertz CT molecular complexity index is 659. The van der Waals surface area contributed by atoms with Crippen molar-refractivity contribution in [2.75, 3.05) is 17.2 Å². The number of carbonyl (C=O) groups excluding carboxylic acids is 1. The van der Waals surface area contributed by atoms with Crippen LogP contribution in [0, 0.1) is 6.92 Å². The predicted octanol–water partition coefficient (Wildman–Crippen LogP) is 4.49. The predicted molar refractivity (Wildman–Crippen MR) is 90.2 cm³/mol. The van der Waals surface area contributed by atoms with Crippen LogP contribution in [0.2, 0.25) is 5.02 Å². The largest absolute Gasteiger partial charge is 0.384 e. The number of anilines is 2. The third kappa shape index (κ3) is 3.95. The number of hydrogen-bond acceptors (Lipinski definition) is 3. The summed E-state index contributed by atoms with van der Waals surface area (Å²) < 4.78 is 0.780. The Labute approximate surface area is 137 Å². The van der Waals surface area contributed by atoms with Crippen LogP contribution in [0.4, 0.5) is 11.4 Å². The van der Waals surface area contributed by atoms with E-state index in [9.17, 15) is 4.79 Å². The topological polar surface area (TPSA) is 54.0 Å². The zero-order valence-electron chi connectivity index (χ0n) is 11.7. The summed E-state index contributed by atoms with van der Waals surface area (Å²) in [5.74, 6) is -0.279. The van der Waals surface area contributed by atoms with E-state index in [4.69, 9.17) is 11.6 Å². The number of benzene rings is 1. The third-order valence-corrected chi connectivity index (χ3v) is 3.94. The van der Waals surface area contributed by atoms with E-state index < -0.39 is 0 Å². The molecule has 110 valence electrons. The molecule has 1 amide bonds. The van der Waals surface area contributed by atoms with Gasteiger partial charge in [-0.3, -0.25) is 4.79 Å². The van der Waals surface area contributed by atoms with E-state index >= 15 is 0 Å². The van der Waals surface area contributed by atoms with Gasteiger partial charge in [0.15, 0.2) is 0 Å². The maximum Gasteiger partial charge on any atom is 0.274 e. The zero-order valence-corrected chi connectivity index (χ0v) is 14.0. The van der Waals surface area contributed by atoms with Crippen molar-refractivity contribution in [2.24, 2.45) is 0 Å². The van der Waals surface area contributed by atoms with E-state index in [0.29, 0.717) is 16.4 Å². The molecule has 2 N–H and O–H groups in total. The molecule has 21 heavy (non-hydrogen) atoms. The Hall–Kier alpha value is -1.59. The van der Waals surface area contributed by atoms with E-state index in [1.165, 1.54) is 0 Å². The summed E-state index contributed by atoms with van der Waals surface area (Å²) in [6.07, 6.45) is 1.63. The highest BCUT2D eigenvalue weighted by molar-refractivity contribution is 9.10. The third-order valence-electron chi connectivity index (χ3n) is 2.87. The maximum absolute atomic E-state index is 12.2. The van der Waals surface area contributed by atoms with Crippen LogP contribution >= 0.6 is 27.5 Å². The fourth-order valence-electron chi connectivity index (χ4n) is 1.77. The molecule has 6 heteroatoms. The normalized spacial score (nSPS) is 10.3. The molecule has 0 saturated heterocycles. The van der Waals surface area contributed by atoms with Gasteiger partial charge in [0.2, 0.25) is 0 Å². The van der Waals surface area contributed by atoms with Gasteiger partial charge in [0, 0.05) is 16.0 Å². The zero-order chi connectivity index (χ0) is 15.4. The first-order valence-corrected chi connectivity index (χ1v) is 7.65. The molecule has 1 heterocycles. The fourth-order valence-corrected chi connectivity index (χ4v) is 2.49. The molecule has 1 aromatic carbocycles. The molecular formula is C15H15BrClN3O. The minimum atomic E-state index is -0.279. The maximum atomic E-state index is 12.2. The fraction of sp³-hybridized carbons (Fsp3) is 0.200. The second kappa shape index (κ2) is 6.91. The van der Waals surface area contributed by atoms with Gasteiger partial charge in [0.1, 0.15) is 5.69 Å². The molecule has 2 rings (SSSR count). The number of aromatic nitrogens is 1. The molecule has 0 aliphatic rings. The number of halogens is 2. The Kier molecular flexibility index (Phi) is 5.20. The van der Waals surface area contributed by atoms with E-state index in [2.05, 4.69) is 31.5 Å². The summed E-state index contributed by atoms with van der Waals surface area (Å²) in [6, 6.07) is 7.07. The molecule has 0 aliphatic carbocycles. The lowest BCUT2D eigenvalue weighted by Crippen LogP contribution is -2.14. The van der Waals surface area contributed by atoms with Crippen molar-refractivity contribution in [1.29, 1.82) is 0 Å². The summed E-state index contributed by atoms with van der Waals surface area (Å²) in [5.41, 5.74) is 2.79. The van der Waals surface area contributed by atoms with Gasteiger partial charge in [-0.15, -0.1) is 0 Å². The van der Waals surface area contributed by atoms with Gasteiger partial charge in [-0.2, -0.15) is 0 Å². The van der Waals surface area contributed by atoms with E-state index in [0.717, 1.165) is 22.3 Å². The van der Waals surface area contributed by atoms with Gasteiger partial charge < -0.3 is 10.6 Å². The second-order valence-corrected chi connectivity index (χ2v) is 5.76. The number of nitrogens with zero attached hydrogens (tertiary/aromatic N) is 1. The van der Waals surface area contributed by atoms with Gasteiger partial charge in [-0.25, -0.2) is 4.98 Å². The van der Waals surface area contributed by atoms with Gasteiger partial charge in [0.25, 0.3) is 5.91 Å². The summed E-state index contributed by atoms with van der Waals surface area (Å²) in [6.45, 7) is 4.71. The van der Waals surface area contributed by atoms with Crippen LogP contribution in [0.1, 0.15) is 23.0 Å². The molecule has 0 saturated carbocycles. The smallest absolute Gasteiger partial charge is 0.274 e. The van der Waals surface area contributed by atoms with E-state index in [1.54, 1.807) is 18.3 Å². The number of aryl methyl sites for hydroxylation is 1. The molecule has 0 spiro atoms. The van der Waals surface area contributed by atoms with Crippen molar-refractivity contribution in [3.05, 3.63) is 51.2 Å². The standard InChI is InChI=1S/C15H15BrClN3O/c1-3-18-10-4-5-13(19-8-10)15(21)20-14-7-12(17)9(2)6-11(14)16/h4-8,18H,3H2,1-2H3,(H,20,21). The molecule has 0 unspecified atom stereocenters. The van der Waals surface area contributed by atoms with Crippen LogP contribution in [0.5, 0.6) is 0 Å². The van der Waals surface area contributed by atoms with Gasteiger partial charge >= 0.3 is 0 Å². The lowest BCUT2D eigenvalue weighted by Gasteiger charge is -2.09. The van der Waals surface area contributed by atoms with Crippen LogP contribution in [-0.4, -0.2) is 17.4 Å². The summed E-state index contributed by atoms with van der Waals surface area (Å²) in [5, 5.41) is 6.52. The summed E-state index contributed by atoms with van der Waals surface area (Å²) in [4.78, 5) is 16.3. The molecular weight excluding hydrogens is 354 g/mol. The van der Waals surface area contributed by atoms with Gasteiger partial charge in [-0.05, 0) is 59.6 Å². The van der Waals surface area contributed by atoms with Crippen LogP contribution in [0.25, 0.3) is 0 Å². The second-order valence-electron chi connectivity index (χ2n) is 4.50. The molecule has 0 aliphatic heterocycles. The molecule has 0 fully saturated rings. The quantitative estimate of drug-likeness (QED) is 0.836. The highest BCUT2D eigenvalue weighted by Gasteiger charge is 2.11. The first kappa shape index (κ1) is 15.8. The van der Waals surface area contributed by atoms with Gasteiger partial charge in [-0.1, -0.05) is 11.6 Å². The van der Waals surface area contributed by atoms with Crippen LogP contribution in [0.15, 0.2) is 34.9 Å². The highest BCUT2D eigenvalue weighted by atomic mass is 79.9. The molecule has 2 aromatic rings. The Morgan fingerprint density at radius 3 is 2.76 bits per heavy atom. The molecule has 4 nitrogen and oxygen atoms in total. The number of hydrogen-bond donors (Lipinski definition) is 2. The minimum Gasteiger partial charge on any atom is -0.384 e. The van der Waals surface area contributed by atoms with Crippen molar-refractivity contribution in [3.63, 3.8) is 0 Å². The van der Waals surface area contributed by atoms with Crippen molar-refractivity contribution in [3.8, 4) is 0 Å². The molecule has 0 atom stereocenters. The molecule has 0 bridgehead atoms. The SMILES string of the molecule is CCNc1ccc(C(=O)Nc2cc(Cl)c(C)cc2Br)nc1. The average Bonchev–Trinajstić information content (AvgIpc) is 2.46. The number of nitrogens with one attached hydrogen (secondary N) is 2. The number of amides is 1. The summed E-state index contributed by atoms with van der Waals surface area (Å²) in [7, 11) is 0. The van der Waals surface area contributed by atoms with E-state index in [1.807, 2.05) is 26.0 Å². The molecule has 1 aromatic heterocycles. The van der Waals surface area contributed by atoms with Crippen LogP contribution in [0.3, 0.4) is 0 Å². The number of rotatable bonds is 4. The first-order chi connectivity index (χ1) is 10.0. The Morgan fingerprint density at radius 1 is 1.38 bits per heavy atom. The average molecular weight is 369 g/mol. The Morgan fingerprint density at radius 2 is 2.14 bits per heavy atom. The Balaban J connectivity index is 2.16. The van der Waals surface area contributed by atoms with Crippen molar-refractivity contribution >= 4 is 44.8 Å². The van der Waals surface area contributed by atoms with Crippen LogP contribution < -0.4 is 10.6 Å². The monoisotopic (exact) mass is 367 g/mol. The van der Waals surface area contributed by atoms with E-state index in [-0.39, 0.29) is 5.91 Å². The molecule has 0 radical (unpaired) electrons. The van der Waals surface area contributed by atoms with Crippen molar-refractivity contribution < 1.29 is 4.79 Å². The summed E-state index contributed by atoms with van der Waals surface area (Å²) >= 11 is 9.49. The minimum absolute atomic E-state index is 0.279. The van der Waals surface area contributed by atoms with Crippen molar-refractivity contribution in [2.45, 2.75) is 13.8 Å². The van der Waals surface area contributed by atoms with Crippen molar-refractivity contribution in [1.82, 2.24) is 4.98 Å². The van der Waals surface area contributed by atoms with Gasteiger partial charge in [0.05, 0.1) is 17.6 Å². The number of pyridine rings is 1. The number of carbonyl (C=O) groups is 1. The lowest BCUT2D eigenvalue weighted by atomic mass is 10.2. The first-order valence-electron chi connectivity index (χ1n) is 6.48.